The van der Waals surface area contributed by atoms with Crippen LogP contribution in [0.2, 0.25) is 0 Å². The number of alkyl halides is 3. The van der Waals surface area contributed by atoms with Crippen LogP contribution in [0.3, 0.4) is 0 Å². The molecule has 3 aromatic rings. The highest BCUT2D eigenvalue weighted by molar-refractivity contribution is 6.01. The van der Waals surface area contributed by atoms with Gasteiger partial charge in [-0.05, 0) is 50.5 Å². The maximum Gasteiger partial charge on any atom is 0.434 e. The standard InChI is InChI=1S/C22H20F4N6O/c1-11-6-16(31-30-11)15-7-12(23)2-4-14(15)21(33)32-13-3-5-18(32)17(8-13)29-20-10-27-19(9-28-20)22(24,25)26/h2,4,6-7,9-10,13,17-18H,3,5,8H2,1H3,(H,28,29)(H,30,31)/t13-,17-,18+/m1/s1. The van der Waals surface area contributed by atoms with Gasteiger partial charge in [0.15, 0.2) is 5.69 Å². The molecule has 2 bridgehead atoms. The normalized spacial score (nSPS) is 22.1. The zero-order chi connectivity index (χ0) is 23.3. The monoisotopic (exact) mass is 460 g/mol. The SMILES string of the molecule is Cc1cc(-c2cc(F)ccc2C(=O)N2[C@@H]3CC[C@H]2[C@H](Nc2cnc(C(F)(F)F)cn2)C3)n[nH]1. The minimum absolute atomic E-state index is 0.0266. The number of aromatic amines is 1. The summed E-state index contributed by atoms with van der Waals surface area (Å²) in [5, 5.41) is 10.1. The molecular weight excluding hydrogens is 440 g/mol. The van der Waals surface area contributed by atoms with Gasteiger partial charge in [-0.2, -0.15) is 18.3 Å². The van der Waals surface area contributed by atoms with Crippen LogP contribution in [0.5, 0.6) is 0 Å². The quantitative estimate of drug-likeness (QED) is 0.571. The zero-order valence-electron chi connectivity index (χ0n) is 17.5. The maximum atomic E-state index is 14.0. The van der Waals surface area contributed by atoms with Gasteiger partial charge in [-0.25, -0.2) is 14.4 Å². The van der Waals surface area contributed by atoms with E-state index in [1.165, 1.54) is 18.2 Å². The summed E-state index contributed by atoms with van der Waals surface area (Å²) >= 11 is 0. The molecule has 0 unspecified atom stereocenters. The average molecular weight is 460 g/mol. The number of rotatable bonds is 4. The summed E-state index contributed by atoms with van der Waals surface area (Å²) in [4.78, 5) is 22.6. The molecule has 0 saturated carbocycles. The molecule has 172 valence electrons. The molecule has 33 heavy (non-hydrogen) atoms. The third-order valence-electron chi connectivity index (χ3n) is 6.24. The minimum Gasteiger partial charge on any atom is -0.364 e. The number of H-pyrrole nitrogens is 1. The molecule has 2 N–H and O–H groups in total. The van der Waals surface area contributed by atoms with Crippen LogP contribution in [-0.2, 0) is 6.18 Å². The highest BCUT2D eigenvalue weighted by atomic mass is 19.4. The summed E-state index contributed by atoms with van der Waals surface area (Å²) in [6.07, 6.45) is -0.600. The van der Waals surface area contributed by atoms with Crippen LogP contribution in [0.1, 0.15) is 41.0 Å². The van der Waals surface area contributed by atoms with Crippen molar-refractivity contribution >= 4 is 11.7 Å². The van der Waals surface area contributed by atoms with Gasteiger partial charge in [-0.3, -0.25) is 9.89 Å². The van der Waals surface area contributed by atoms with Crippen LogP contribution in [0.25, 0.3) is 11.3 Å². The van der Waals surface area contributed by atoms with Gasteiger partial charge in [0.05, 0.1) is 30.2 Å². The summed E-state index contributed by atoms with van der Waals surface area (Å²) in [6, 6.07) is 5.41. The predicted molar refractivity (Wildman–Crippen MR) is 111 cm³/mol. The summed E-state index contributed by atoms with van der Waals surface area (Å²) in [6.45, 7) is 1.82. The Bertz CT molecular complexity index is 1190. The molecule has 4 heterocycles. The molecule has 1 aromatic carbocycles. The molecule has 3 atom stereocenters. The molecular formula is C22H20F4N6O. The van der Waals surface area contributed by atoms with Gasteiger partial charge in [0.1, 0.15) is 11.6 Å². The number of aryl methyl sites for hydroxylation is 1. The van der Waals surface area contributed by atoms with Crippen LogP contribution < -0.4 is 5.32 Å². The van der Waals surface area contributed by atoms with Crippen molar-refractivity contribution in [3.63, 3.8) is 0 Å². The lowest BCUT2D eigenvalue weighted by atomic mass is 9.95. The van der Waals surface area contributed by atoms with E-state index in [1.807, 2.05) is 6.92 Å². The highest BCUT2D eigenvalue weighted by Crippen LogP contribution is 2.41. The maximum absolute atomic E-state index is 14.0. The van der Waals surface area contributed by atoms with E-state index in [4.69, 9.17) is 0 Å². The Kier molecular flexibility index (Phi) is 5.06. The summed E-state index contributed by atoms with van der Waals surface area (Å²) in [7, 11) is 0. The molecule has 0 radical (unpaired) electrons. The lowest BCUT2D eigenvalue weighted by Crippen LogP contribution is -2.40. The van der Waals surface area contributed by atoms with Crippen LogP contribution >= 0.6 is 0 Å². The fraction of sp³-hybridized carbons (Fsp3) is 0.364. The largest absolute Gasteiger partial charge is 0.434 e. The van der Waals surface area contributed by atoms with Gasteiger partial charge < -0.3 is 10.2 Å². The second kappa shape index (κ2) is 7.82. The number of aromatic nitrogens is 4. The van der Waals surface area contributed by atoms with Gasteiger partial charge in [0.2, 0.25) is 0 Å². The molecule has 5 rings (SSSR count). The Morgan fingerprint density at radius 3 is 2.67 bits per heavy atom. The molecule has 2 aliphatic rings. The Morgan fingerprint density at radius 2 is 2.00 bits per heavy atom. The Balaban J connectivity index is 1.38. The molecule has 1 amide bonds. The van der Waals surface area contributed by atoms with Crippen molar-refractivity contribution in [3.8, 4) is 11.3 Å². The van der Waals surface area contributed by atoms with E-state index < -0.39 is 17.7 Å². The Hall–Kier alpha value is -3.50. The smallest absolute Gasteiger partial charge is 0.364 e. The first-order valence-corrected chi connectivity index (χ1v) is 10.5. The number of nitrogens with zero attached hydrogens (tertiary/aromatic N) is 4. The van der Waals surface area contributed by atoms with E-state index in [9.17, 15) is 22.4 Å². The number of amides is 1. The van der Waals surface area contributed by atoms with E-state index >= 15 is 0 Å². The first-order valence-electron chi connectivity index (χ1n) is 10.5. The van der Waals surface area contributed by atoms with Crippen molar-refractivity contribution in [1.29, 1.82) is 0 Å². The molecule has 0 aliphatic carbocycles. The van der Waals surface area contributed by atoms with E-state index in [1.54, 1.807) is 11.0 Å². The lowest BCUT2D eigenvalue weighted by Gasteiger charge is -2.26. The molecule has 2 aromatic heterocycles. The van der Waals surface area contributed by atoms with Crippen LogP contribution in [-0.4, -0.2) is 49.1 Å². The van der Waals surface area contributed by atoms with Crippen LogP contribution in [0, 0.1) is 12.7 Å². The van der Waals surface area contributed by atoms with E-state index in [0.29, 0.717) is 29.4 Å². The number of hydrogen-bond acceptors (Lipinski definition) is 5. The summed E-state index contributed by atoms with van der Waals surface area (Å²) in [5.74, 6) is -0.463. The van der Waals surface area contributed by atoms with E-state index in [2.05, 4.69) is 25.5 Å². The molecule has 11 heteroatoms. The van der Waals surface area contributed by atoms with Crippen molar-refractivity contribution in [3.05, 3.63) is 59.4 Å². The predicted octanol–water partition coefficient (Wildman–Crippen LogP) is 4.19. The van der Waals surface area contributed by atoms with Crippen LogP contribution in [0.4, 0.5) is 23.4 Å². The fourth-order valence-corrected chi connectivity index (χ4v) is 4.81. The second-order valence-corrected chi connectivity index (χ2v) is 8.41. The van der Waals surface area contributed by atoms with Crippen molar-refractivity contribution in [2.45, 2.75) is 50.5 Å². The number of hydrogen-bond donors (Lipinski definition) is 2. The number of carbonyl (C=O) groups excluding carboxylic acids is 1. The van der Waals surface area contributed by atoms with Gasteiger partial charge in [-0.1, -0.05) is 0 Å². The highest BCUT2D eigenvalue weighted by Gasteiger charge is 2.49. The van der Waals surface area contributed by atoms with Crippen molar-refractivity contribution in [1.82, 2.24) is 25.1 Å². The number of nitrogens with one attached hydrogen (secondary N) is 2. The van der Waals surface area contributed by atoms with Gasteiger partial charge in [0, 0.05) is 22.9 Å². The lowest BCUT2D eigenvalue weighted by molar-refractivity contribution is -0.141. The molecule has 2 fully saturated rings. The topological polar surface area (TPSA) is 86.8 Å². The average Bonchev–Trinajstić information content (AvgIpc) is 3.47. The van der Waals surface area contributed by atoms with E-state index in [0.717, 1.165) is 24.7 Å². The number of carbonyl (C=O) groups is 1. The number of anilines is 1. The fourth-order valence-electron chi connectivity index (χ4n) is 4.81. The number of fused-ring (bicyclic) bond motifs is 2. The Labute approximate surface area is 186 Å². The zero-order valence-corrected chi connectivity index (χ0v) is 17.5. The van der Waals surface area contributed by atoms with E-state index in [-0.39, 0.29) is 29.9 Å². The first kappa shape index (κ1) is 21.4. The van der Waals surface area contributed by atoms with Crippen molar-refractivity contribution < 1.29 is 22.4 Å². The first-order chi connectivity index (χ1) is 15.7. The van der Waals surface area contributed by atoms with Crippen molar-refractivity contribution in [2.75, 3.05) is 5.32 Å². The molecule has 7 nitrogen and oxygen atoms in total. The van der Waals surface area contributed by atoms with Crippen molar-refractivity contribution in [2.24, 2.45) is 0 Å². The number of halogens is 4. The van der Waals surface area contributed by atoms with Gasteiger partial charge in [0.25, 0.3) is 5.91 Å². The third kappa shape index (κ3) is 3.91. The van der Waals surface area contributed by atoms with Gasteiger partial charge in [-0.15, -0.1) is 0 Å². The molecule has 2 aliphatic heterocycles. The second-order valence-electron chi connectivity index (χ2n) is 8.41. The molecule has 2 saturated heterocycles. The Morgan fingerprint density at radius 1 is 1.18 bits per heavy atom. The third-order valence-corrected chi connectivity index (χ3v) is 6.24. The van der Waals surface area contributed by atoms with Crippen LogP contribution in [0.15, 0.2) is 36.7 Å². The van der Waals surface area contributed by atoms with Gasteiger partial charge >= 0.3 is 6.18 Å². The summed E-state index contributed by atoms with van der Waals surface area (Å²) in [5.41, 5.74) is 0.978. The minimum atomic E-state index is -4.55. The summed E-state index contributed by atoms with van der Waals surface area (Å²) < 4.78 is 52.2. The molecule has 0 spiro atoms. The number of benzene rings is 1.